The lowest BCUT2D eigenvalue weighted by molar-refractivity contribution is 0.520. The average molecular weight is 197 g/mol. The van der Waals surface area contributed by atoms with Gasteiger partial charge in [-0.1, -0.05) is 23.7 Å². The van der Waals surface area contributed by atoms with Gasteiger partial charge in [0.2, 0.25) is 0 Å². The number of nitrogens with two attached hydrogens (primary N) is 1. The first-order chi connectivity index (χ1) is 6.31. The fourth-order valence-electron chi connectivity index (χ4n) is 1.27. The Labute approximate surface area is 80.4 Å². The number of furan rings is 1. The number of halogens is 1. The highest BCUT2D eigenvalue weighted by Crippen LogP contribution is 2.26. The molecule has 0 radical (unpaired) electrons. The number of hydrogen-bond acceptors (Lipinski definition) is 3. The molecule has 0 atom stereocenters. The van der Waals surface area contributed by atoms with Crippen LogP contribution in [0.5, 0.6) is 0 Å². The molecule has 0 aliphatic carbocycles. The van der Waals surface area contributed by atoms with Gasteiger partial charge in [-0.25, -0.2) is 0 Å². The molecule has 0 spiro atoms. The predicted octanol–water partition coefficient (Wildman–Crippen LogP) is 2.05. The normalized spacial score (nSPS) is 10.9. The van der Waals surface area contributed by atoms with E-state index in [1.54, 1.807) is 6.07 Å². The molecule has 4 heteroatoms. The smallest absolute Gasteiger partial charge is 0.152 e. The van der Waals surface area contributed by atoms with Crippen LogP contribution in [0.4, 0.5) is 0 Å². The highest BCUT2D eigenvalue weighted by Gasteiger charge is 2.05. The van der Waals surface area contributed by atoms with Gasteiger partial charge in [0.25, 0.3) is 0 Å². The van der Waals surface area contributed by atoms with Crippen molar-refractivity contribution in [3.63, 3.8) is 0 Å². The molecule has 1 aromatic carbocycles. The van der Waals surface area contributed by atoms with Crippen LogP contribution < -0.4 is 11.3 Å². The number of rotatable bonds is 2. The fourth-order valence-corrected chi connectivity index (χ4v) is 1.49. The maximum absolute atomic E-state index is 5.93. The van der Waals surface area contributed by atoms with Crippen molar-refractivity contribution < 1.29 is 4.42 Å². The Balaban J connectivity index is 2.55. The first-order valence-electron chi connectivity index (χ1n) is 3.91. The molecule has 1 aromatic heterocycles. The molecule has 1 heterocycles. The van der Waals surface area contributed by atoms with Crippen LogP contribution in [0.3, 0.4) is 0 Å². The van der Waals surface area contributed by atoms with Gasteiger partial charge in [0, 0.05) is 5.39 Å². The Morgan fingerprint density at radius 3 is 3.00 bits per heavy atom. The van der Waals surface area contributed by atoms with E-state index < -0.39 is 0 Å². The maximum Gasteiger partial charge on any atom is 0.152 e. The molecule has 0 aliphatic rings. The van der Waals surface area contributed by atoms with Crippen molar-refractivity contribution in [3.8, 4) is 0 Å². The van der Waals surface area contributed by atoms with Gasteiger partial charge < -0.3 is 4.42 Å². The zero-order valence-corrected chi connectivity index (χ0v) is 7.64. The van der Waals surface area contributed by atoms with Gasteiger partial charge in [-0.05, 0) is 12.1 Å². The summed E-state index contributed by atoms with van der Waals surface area (Å²) in [4.78, 5) is 0. The third-order valence-corrected chi connectivity index (χ3v) is 2.12. The van der Waals surface area contributed by atoms with Crippen LogP contribution in [-0.2, 0) is 6.54 Å². The molecule has 0 saturated heterocycles. The van der Waals surface area contributed by atoms with E-state index in [1.165, 1.54) is 0 Å². The highest BCUT2D eigenvalue weighted by atomic mass is 35.5. The lowest BCUT2D eigenvalue weighted by Gasteiger charge is -1.91. The molecular formula is C9H9ClN2O. The molecule has 3 nitrogen and oxygen atoms in total. The van der Waals surface area contributed by atoms with Crippen LogP contribution in [0.15, 0.2) is 28.7 Å². The molecule has 0 amide bonds. The zero-order valence-electron chi connectivity index (χ0n) is 6.88. The van der Waals surface area contributed by atoms with Gasteiger partial charge in [0.15, 0.2) is 5.58 Å². The number of fused-ring (bicyclic) bond motifs is 1. The highest BCUT2D eigenvalue weighted by molar-refractivity contribution is 6.34. The molecule has 0 bridgehead atoms. The first kappa shape index (κ1) is 8.56. The Morgan fingerprint density at radius 2 is 2.31 bits per heavy atom. The summed E-state index contributed by atoms with van der Waals surface area (Å²) >= 11 is 5.93. The summed E-state index contributed by atoms with van der Waals surface area (Å²) in [6.45, 7) is 0.505. The van der Waals surface area contributed by atoms with Crippen molar-refractivity contribution in [3.05, 3.63) is 35.0 Å². The van der Waals surface area contributed by atoms with E-state index in [1.807, 2.05) is 18.2 Å². The molecule has 0 fully saturated rings. The topological polar surface area (TPSA) is 51.2 Å². The largest absolute Gasteiger partial charge is 0.458 e. The molecule has 13 heavy (non-hydrogen) atoms. The molecule has 68 valence electrons. The van der Waals surface area contributed by atoms with Gasteiger partial charge in [-0.3, -0.25) is 11.3 Å². The molecular weight excluding hydrogens is 188 g/mol. The molecule has 0 unspecified atom stereocenters. The monoisotopic (exact) mass is 196 g/mol. The van der Waals surface area contributed by atoms with E-state index in [2.05, 4.69) is 5.43 Å². The molecule has 2 rings (SSSR count). The van der Waals surface area contributed by atoms with Gasteiger partial charge >= 0.3 is 0 Å². The van der Waals surface area contributed by atoms with E-state index in [-0.39, 0.29) is 0 Å². The van der Waals surface area contributed by atoms with E-state index in [9.17, 15) is 0 Å². The minimum atomic E-state index is 0.505. The molecule has 2 aromatic rings. The summed E-state index contributed by atoms with van der Waals surface area (Å²) in [5.74, 6) is 5.96. The Morgan fingerprint density at radius 1 is 1.46 bits per heavy atom. The first-order valence-corrected chi connectivity index (χ1v) is 4.29. The van der Waals surface area contributed by atoms with Crippen molar-refractivity contribution >= 4 is 22.6 Å². The second-order valence-corrected chi connectivity index (χ2v) is 3.16. The molecule has 0 saturated carbocycles. The van der Waals surface area contributed by atoms with Crippen molar-refractivity contribution in [2.45, 2.75) is 6.54 Å². The van der Waals surface area contributed by atoms with E-state index in [0.29, 0.717) is 11.6 Å². The van der Waals surface area contributed by atoms with Crippen LogP contribution in [0.25, 0.3) is 11.0 Å². The summed E-state index contributed by atoms with van der Waals surface area (Å²) in [7, 11) is 0. The second-order valence-electron chi connectivity index (χ2n) is 2.75. The lowest BCUT2D eigenvalue weighted by atomic mass is 10.2. The minimum absolute atomic E-state index is 0.505. The summed E-state index contributed by atoms with van der Waals surface area (Å²) in [5, 5.41) is 1.62. The van der Waals surface area contributed by atoms with Crippen LogP contribution in [0.1, 0.15) is 5.76 Å². The number of benzene rings is 1. The Kier molecular flexibility index (Phi) is 2.22. The van der Waals surface area contributed by atoms with E-state index in [0.717, 1.165) is 16.7 Å². The number of hydrogen-bond donors (Lipinski definition) is 2. The van der Waals surface area contributed by atoms with Crippen LogP contribution >= 0.6 is 11.6 Å². The van der Waals surface area contributed by atoms with E-state index in [4.69, 9.17) is 21.9 Å². The van der Waals surface area contributed by atoms with Crippen molar-refractivity contribution in [1.29, 1.82) is 0 Å². The summed E-state index contributed by atoms with van der Waals surface area (Å²) in [6.07, 6.45) is 0. The predicted molar refractivity (Wildman–Crippen MR) is 52.3 cm³/mol. The fraction of sp³-hybridized carbons (Fsp3) is 0.111. The number of nitrogens with one attached hydrogen (secondary N) is 1. The van der Waals surface area contributed by atoms with Crippen LogP contribution in [-0.4, -0.2) is 0 Å². The van der Waals surface area contributed by atoms with Crippen LogP contribution in [0, 0.1) is 0 Å². The van der Waals surface area contributed by atoms with Gasteiger partial charge in [0.1, 0.15) is 5.76 Å². The third-order valence-electron chi connectivity index (χ3n) is 1.82. The minimum Gasteiger partial charge on any atom is -0.458 e. The van der Waals surface area contributed by atoms with E-state index >= 15 is 0 Å². The molecule has 3 N–H and O–H groups in total. The van der Waals surface area contributed by atoms with Crippen molar-refractivity contribution in [2.75, 3.05) is 0 Å². The van der Waals surface area contributed by atoms with Crippen molar-refractivity contribution in [2.24, 2.45) is 5.84 Å². The van der Waals surface area contributed by atoms with Crippen LogP contribution in [0.2, 0.25) is 5.02 Å². The quantitative estimate of drug-likeness (QED) is 0.571. The average Bonchev–Trinajstić information content (AvgIpc) is 2.49. The zero-order chi connectivity index (χ0) is 9.26. The molecule has 0 aliphatic heterocycles. The second kappa shape index (κ2) is 3.38. The summed E-state index contributed by atoms with van der Waals surface area (Å²) in [5.41, 5.74) is 3.24. The SMILES string of the molecule is NNCc1cc2cccc(Cl)c2o1. The lowest BCUT2D eigenvalue weighted by Crippen LogP contribution is -2.20. The Bertz CT molecular complexity index is 424. The third kappa shape index (κ3) is 1.54. The summed E-state index contributed by atoms with van der Waals surface area (Å²) in [6, 6.07) is 7.55. The maximum atomic E-state index is 5.93. The number of para-hydroxylation sites is 1. The van der Waals surface area contributed by atoms with Gasteiger partial charge in [-0.2, -0.15) is 0 Å². The van der Waals surface area contributed by atoms with Crippen molar-refractivity contribution in [1.82, 2.24) is 5.43 Å². The van der Waals surface area contributed by atoms with Gasteiger partial charge in [-0.15, -0.1) is 0 Å². The number of hydrazine groups is 1. The Hall–Kier alpha value is -1.03. The summed E-state index contributed by atoms with van der Waals surface area (Å²) < 4.78 is 5.46. The standard InChI is InChI=1S/C9H9ClN2O/c10-8-3-1-2-6-4-7(5-12-11)13-9(6)8/h1-4,12H,5,11H2. The van der Waals surface area contributed by atoms with Gasteiger partial charge in [0.05, 0.1) is 11.6 Å².